The number of aliphatic imine (C=N–C) groups is 1. The fraction of sp³-hybridized carbons (Fsp3) is 0.682. The summed E-state index contributed by atoms with van der Waals surface area (Å²) in [5.74, 6) is 0.822. The summed E-state index contributed by atoms with van der Waals surface area (Å²) >= 11 is 0. The Labute approximate surface area is 204 Å². The molecule has 1 N–H and O–H groups in total. The molecule has 0 spiro atoms. The predicted molar refractivity (Wildman–Crippen MR) is 137 cm³/mol. The van der Waals surface area contributed by atoms with Crippen molar-refractivity contribution in [2.45, 2.75) is 38.0 Å². The number of rotatable bonds is 6. The van der Waals surface area contributed by atoms with Crippen molar-refractivity contribution in [3.05, 3.63) is 35.4 Å². The number of piperazine rings is 1. The maximum Gasteiger partial charge on any atom is 0.194 e. The van der Waals surface area contributed by atoms with E-state index in [2.05, 4.69) is 46.3 Å². The molecule has 2 aliphatic heterocycles. The van der Waals surface area contributed by atoms with Gasteiger partial charge in [-0.05, 0) is 32.3 Å². The largest absolute Gasteiger partial charge is 0.381 e. The van der Waals surface area contributed by atoms with Crippen molar-refractivity contribution in [1.82, 2.24) is 15.1 Å². The molecule has 9 heteroatoms. The van der Waals surface area contributed by atoms with Gasteiger partial charge in [0.25, 0.3) is 0 Å². The van der Waals surface area contributed by atoms with Crippen molar-refractivity contribution in [3.63, 3.8) is 0 Å². The Balaban J connectivity index is 0.00000341. The van der Waals surface area contributed by atoms with Crippen molar-refractivity contribution < 1.29 is 13.2 Å². The molecule has 2 heterocycles. The third kappa shape index (κ3) is 7.03. The van der Waals surface area contributed by atoms with Gasteiger partial charge in [-0.1, -0.05) is 29.8 Å². The number of halogens is 1. The molecule has 7 nitrogen and oxygen atoms in total. The Kier molecular flexibility index (Phi) is 10.0. The van der Waals surface area contributed by atoms with Crippen LogP contribution in [-0.2, 0) is 21.1 Å². The highest BCUT2D eigenvalue weighted by molar-refractivity contribution is 14.0. The highest BCUT2D eigenvalue weighted by Crippen LogP contribution is 2.29. The molecule has 0 bridgehead atoms. The van der Waals surface area contributed by atoms with E-state index in [0.717, 1.165) is 45.2 Å². The third-order valence-corrected chi connectivity index (χ3v) is 8.31. The quantitative estimate of drug-likeness (QED) is 0.325. The Morgan fingerprint density at radius 3 is 2.45 bits per heavy atom. The standard InChI is InChI=1S/C22H36N4O3S.HI/c1-4-23-21(24-18-22(30(3,27)28)8-14-29-15-9-22)26-12-10-25(11-13-26)17-20-7-5-6-19(2)16-20;/h5-7,16H,4,8-15,17-18H2,1-3H3,(H,23,24);1H. The third-order valence-electron chi connectivity index (χ3n) is 6.20. The van der Waals surface area contributed by atoms with Gasteiger partial charge in [-0.2, -0.15) is 0 Å². The zero-order valence-corrected chi connectivity index (χ0v) is 22.1. The SMILES string of the molecule is CCNC(=NCC1(S(C)(=O)=O)CCOCC1)N1CCN(Cc2cccc(C)c2)CC1.I. The zero-order valence-electron chi connectivity index (χ0n) is 19.0. The summed E-state index contributed by atoms with van der Waals surface area (Å²) < 4.78 is 29.7. The van der Waals surface area contributed by atoms with E-state index in [9.17, 15) is 8.42 Å². The van der Waals surface area contributed by atoms with Gasteiger partial charge >= 0.3 is 0 Å². The first kappa shape index (κ1) is 26.3. The molecular formula is C22H37IN4O3S. The molecule has 2 fully saturated rings. The molecule has 176 valence electrons. The average Bonchev–Trinajstić information content (AvgIpc) is 2.72. The van der Waals surface area contributed by atoms with E-state index in [1.807, 2.05) is 6.92 Å². The Morgan fingerprint density at radius 1 is 1.19 bits per heavy atom. The first-order valence-corrected chi connectivity index (χ1v) is 12.8. The van der Waals surface area contributed by atoms with Crippen LogP contribution in [0.3, 0.4) is 0 Å². The second-order valence-corrected chi connectivity index (χ2v) is 10.9. The van der Waals surface area contributed by atoms with E-state index in [0.29, 0.717) is 32.6 Å². The van der Waals surface area contributed by atoms with Crippen LogP contribution in [0.15, 0.2) is 29.3 Å². The van der Waals surface area contributed by atoms with Gasteiger partial charge in [0.1, 0.15) is 0 Å². The molecule has 0 aromatic heterocycles. The van der Waals surface area contributed by atoms with E-state index in [4.69, 9.17) is 9.73 Å². The molecule has 0 radical (unpaired) electrons. The number of ether oxygens (including phenoxy) is 1. The van der Waals surface area contributed by atoms with Crippen LogP contribution in [-0.4, -0.2) is 87.7 Å². The Bertz CT molecular complexity index is 833. The summed E-state index contributed by atoms with van der Waals surface area (Å²) in [6.07, 6.45) is 2.36. The highest BCUT2D eigenvalue weighted by atomic mass is 127. The lowest BCUT2D eigenvalue weighted by Crippen LogP contribution is -2.53. The molecule has 2 saturated heterocycles. The maximum atomic E-state index is 12.5. The molecule has 1 aromatic rings. The molecule has 31 heavy (non-hydrogen) atoms. The van der Waals surface area contributed by atoms with Crippen LogP contribution in [0.5, 0.6) is 0 Å². The van der Waals surface area contributed by atoms with Gasteiger partial charge in [0.2, 0.25) is 0 Å². The van der Waals surface area contributed by atoms with E-state index >= 15 is 0 Å². The number of hydrogen-bond donors (Lipinski definition) is 1. The number of hydrogen-bond acceptors (Lipinski definition) is 5. The van der Waals surface area contributed by atoms with Gasteiger partial charge in [-0.3, -0.25) is 9.89 Å². The van der Waals surface area contributed by atoms with Crippen LogP contribution in [0.1, 0.15) is 30.9 Å². The summed E-state index contributed by atoms with van der Waals surface area (Å²) in [6.45, 7) is 10.8. The monoisotopic (exact) mass is 564 g/mol. The second kappa shape index (κ2) is 11.8. The topological polar surface area (TPSA) is 74.2 Å². The van der Waals surface area contributed by atoms with Crippen LogP contribution in [0.25, 0.3) is 0 Å². The summed E-state index contributed by atoms with van der Waals surface area (Å²) in [6, 6.07) is 8.67. The number of nitrogens with one attached hydrogen (secondary N) is 1. The van der Waals surface area contributed by atoms with E-state index in [1.54, 1.807) is 0 Å². The van der Waals surface area contributed by atoms with Gasteiger partial charge in [-0.25, -0.2) is 8.42 Å². The van der Waals surface area contributed by atoms with Crippen molar-refractivity contribution in [3.8, 4) is 0 Å². The summed E-state index contributed by atoms with van der Waals surface area (Å²) in [4.78, 5) is 9.52. The molecule has 0 aliphatic carbocycles. The Morgan fingerprint density at radius 2 is 1.87 bits per heavy atom. The lowest BCUT2D eigenvalue weighted by molar-refractivity contribution is 0.0767. The van der Waals surface area contributed by atoms with E-state index < -0.39 is 14.6 Å². The molecule has 0 amide bonds. The predicted octanol–water partition coefficient (Wildman–Crippen LogP) is 2.29. The number of guanidine groups is 1. The minimum absolute atomic E-state index is 0. The van der Waals surface area contributed by atoms with Crippen LogP contribution >= 0.6 is 24.0 Å². The van der Waals surface area contributed by atoms with Gasteiger partial charge in [0, 0.05) is 58.7 Å². The lowest BCUT2D eigenvalue weighted by atomic mass is 9.99. The second-order valence-electron chi connectivity index (χ2n) is 8.49. The number of nitrogens with zero attached hydrogens (tertiary/aromatic N) is 3. The first-order chi connectivity index (χ1) is 14.3. The number of benzene rings is 1. The summed E-state index contributed by atoms with van der Waals surface area (Å²) in [5.41, 5.74) is 2.64. The van der Waals surface area contributed by atoms with Crippen molar-refractivity contribution in [2.24, 2.45) is 4.99 Å². The molecule has 0 unspecified atom stereocenters. The molecular weight excluding hydrogens is 527 g/mol. The van der Waals surface area contributed by atoms with Crippen molar-refractivity contribution in [1.29, 1.82) is 0 Å². The van der Waals surface area contributed by atoms with E-state index in [1.165, 1.54) is 17.4 Å². The molecule has 3 rings (SSSR count). The van der Waals surface area contributed by atoms with E-state index in [-0.39, 0.29) is 24.0 Å². The van der Waals surface area contributed by atoms with Crippen molar-refractivity contribution >= 4 is 39.8 Å². The first-order valence-electron chi connectivity index (χ1n) is 10.9. The normalized spacial score (nSPS) is 20.2. The maximum absolute atomic E-state index is 12.5. The fourth-order valence-corrected chi connectivity index (χ4v) is 5.43. The molecule has 2 aliphatic rings. The average molecular weight is 565 g/mol. The highest BCUT2D eigenvalue weighted by Gasteiger charge is 2.42. The van der Waals surface area contributed by atoms with Crippen molar-refractivity contribution in [2.75, 3.05) is 58.7 Å². The van der Waals surface area contributed by atoms with Gasteiger partial charge in [-0.15, -0.1) is 24.0 Å². The molecule has 0 atom stereocenters. The number of aryl methyl sites for hydroxylation is 1. The molecule has 1 aromatic carbocycles. The Hall–Kier alpha value is -0.910. The van der Waals surface area contributed by atoms with Crippen LogP contribution in [0, 0.1) is 6.92 Å². The minimum Gasteiger partial charge on any atom is -0.381 e. The van der Waals surface area contributed by atoms with Gasteiger partial charge in [0.15, 0.2) is 15.8 Å². The van der Waals surface area contributed by atoms with Crippen LogP contribution in [0.2, 0.25) is 0 Å². The number of sulfone groups is 1. The summed E-state index contributed by atoms with van der Waals surface area (Å²) in [7, 11) is -3.22. The van der Waals surface area contributed by atoms with Gasteiger partial charge < -0.3 is 15.0 Å². The smallest absolute Gasteiger partial charge is 0.194 e. The lowest BCUT2D eigenvalue weighted by Gasteiger charge is -2.38. The minimum atomic E-state index is -3.22. The summed E-state index contributed by atoms with van der Waals surface area (Å²) in [5, 5.41) is 3.36. The zero-order chi connectivity index (χ0) is 21.6. The fourth-order valence-electron chi connectivity index (χ4n) is 4.22. The van der Waals surface area contributed by atoms with Gasteiger partial charge in [0.05, 0.1) is 11.3 Å². The van der Waals surface area contributed by atoms with Crippen LogP contribution < -0.4 is 5.32 Å². The van der Waals surface area contributed by atoms with Crippen LogP contribution in [0.4, 0.5) is 0 Å². The molecule has 0 saturated carbocycles.